The fourth-order valence-corrected chi connectivity index (χ4v) is 2.94. The maximum Gasteiger partial charge on any atom is 0.421 e. The molecule has 1 aliphatic rings. The zero-order chi connectivity index (χ0) is 13.1. The van der Waals surface area contributed by atoms with Crippen molar-refractivity contribution in [2.24, 2.45) is 11.7 Å². The average molecular weight is 281 g/mol. The van der Waals surface area contributed by atoms with Crippen LogP contribution in [0.4, 0.5) is 4.79 Å². The number of methoxy groups -OCH3 is 1. The van der Waals surface area contributed by atoms with Crippen LogP contribution in [0.5, 0.6) is 0 Å². The van der Waals surface area contributed by atoms with Gasteiger partial charge >= 0.3 is 16.3 Å². The summed E-state index contributed by atoms with van der Waals surface area (Å²) < 4.78 is 30.6. The fraction of sp³-hybridized carbons (Fsp3) is 0.750. The summed E-state index contributed by atoms with van der Waals surface area (Å²) in [5.74, 6) is 0.0644. The molecule has 9 heteroatoms. The van der Waals surface area contributed by atoms with Crippen molar-refractivity contribution in [2.45, 2.75) is 12.8 Å². The van der Waals surface area contributed by atoms with Crippen LogP contribution in [0.2, 0.25) is 0 Å². The minimum atomic E-state index is -3.82. The van der Waals surface area contributed by atoms with Crippen LogP contribution in [0.1, 0.15) is 12.8 Å². The molecule has 1 heterocycles. The zero-order valence-electron chi connectivity index (χ0n) is 9.38. The number of amides is 1. The molecule has 1 aliphatic heterocycles. The van der Waals surface area contributed by atoms with Gasteiger partial charge in [-0.3, -0.25) is 0 Å². The number of nitrogens with one attached hydrogen (secondary N) is 1. The molecular formula is C8H15N3O4S2. The van der Waals surface area contributed by atoms with Crippen molar-refractivity contribution in [1.29, 1.82) is 0 Å². The Bertz CT molecular complexity index is 401. The van der Waals surface area contributed by atoms with E-state index in [4.69, 9.17) is 18.0 Å². The lowest BCUT2D eigenvalue weighted by atomic mass is 9.98. The van der Waals surface area contributed by atoms with Crippen molar-refractivity contribution in [3.63, 3.8) is 0 Å². The second kappa shape index (κ2) is 5.61. The smallest absolute Gasteiger partial charge is 0.421 e. The summed E-state index contributed by atoms with van der Waals surface area (Å²) in [5.41, 5.74) is 5.50. The van der Waals surface area contributed by atoms with Gasteiger partial charge in [0.1, 0.15) is 0 Å². The van der Waals surface area contributed by atoms with Gasteiger partial charge in [0.2, 0.25) is 0 Å². The number of thiocarbonyl (C=S) groups is 1. The van der Waals surface area contributed by atoms with Crippen molar-refractivity contribution < 1.29 is 17.9 Å². The number of rotatable bonds is 3. The predicted molar refractivity (Wildman–Crippen MR) is 65.5 cm³/mol. The summed E-state index contributed by atoms with van der Waals surface area (Å²) in [5, 5.41) is 0. The van der Waals surface area contributed by atoms with Crippen molar-refractivity contribution in [3.05, 3.63) is 0 Å². The van der Waals surface area contributed by atoms with E-state index in [9.17, 15) is 13.2 Å². The van der Waals surface area contributed by atoms with Gasteiger partial charge < -0.3 is 10.5 Å². The molecule has 0 bridgehead atoms. The number of nitrogens with zero attached hydrogens (tertiary/aromatic N) is 1. The second-order valence-corrected chi connectivity index (χ2v) is 5.82. The molecule has 0 atom stereocenters. The molecule has 3 N–H and O–H groups in total. The van der Waals surface area contributed by atoms with Gasteiger partial charge in [-0.25, -0.2) is 9.52 Å². The standard InChI is InChI=1S/C8H15N3O4S2/c1-15-8(12)10-17(13,14)11-4-2-6(3-5-11)7(9)16/h6H,2-5H2,1H3,(H2,9,16)(H,10,12). The number of carbonyl (C=O) groups excluding carboxylic acids is 1. The van der Waals surface area contributed by atoms with Gasteiger partial charge in [-0.1, -0.05) is 12.2 Å². The molecule has 0 spiro atoms. The van der Waals surface area contributed by atoms with Gasteiger partial charge in [-0.15, -0.1) is 0 Å². The normalized spacial score (nSPS) is 18.6. The Morgan fingerprint density at radius 3 is 2.41 bits per heavy atom. The molecule has 1 fully saturated rings. The average Bonchev–Trinajstić information content (AvgIpc) is 2.28. The summed E-state index contributed by atoms with van der Waals surface area (Å²) in [6, 6.07) is 0. The highest BCUT2D eigenvalue weighted by atomic mass is 32.2. The van der Waals surface area contributed by atoms with Crippen LogP contribution < -0.4 is 10.5 Å². The van der Waals surface area contributed by atoms with E-state index in [1.54, 1.807) is 4.72 Å². The molecule has 0 saturated carbocycles. The van der Waals surface area contributed by atoms with Gasteiger partial charge in [0.25, 0.3) is 0 Å². The number of nitrogens with two attached hydrogens (primary N) is 1. The summed E-state index contributed by atoms with van der Waals surface area (Å²) >= 11 is 4.86. The number of hydrogen-bond acceptors (Lipinski definition) is 5. The zero-order valence-corrected chi connectivity index (χ0v) is 11.0. The van der Waals surface area contributed by atoms with Gasteiger partial charge in [-0.2, -0.15) is 12.7 Å². The molecule has 98 valence electrons. The molecule has 1 amide bonds. The minimum Gasteiger partial charge on any atom is -0.452 e. The molecule has 17 heavy (non-hydrogen) atoms. The lowest BCUT2D eigenvalue weighted by Crippen LogP contribution is -2.48. The third-order valence-corrected chi connectivity index (χ3v) is 4.40. The number of ether oxygens (including phenoxy) is 1. The van der Waals surface area contributed by atoms with Crippen molar-refractivity contribution in [1.82, 2.24) is 9.03 Å². The van der Waals surface area contributed by atoms with Crippen LogP contribution in [0.15, 0.2) is 0 Å². The van der Waals surface area contributed by atoms with Crippen LogP contribution in [-0.4, -0.2) is 44.0 Å². The van der Waals surface area contributed by atoms with Gasteiger partial charge in [0, 0.05) is 19.0 Å². The predicted octanol–water partition coefficient (Wildman–Crippen LogP) is -0.415. The van der Waals surface area contributed by atoms with E-state index >= 15 is 0 Å². The lowest BCUT2D eigenvalue weighted by Gasteiger charge is -2.30. The second-order valence-electron chi connectivity index (χ2n) is 3.67. The Hall–Kier alpha value is -0.930. The van der Waals surface area contributed by atoms with Gasteiger partial charge in [0.05, 0.1) is 12.1 Å². The number of hydrogen-bond donors (Lipinski definition) is 2. The van der Waals surface area contributed by atoms with Crippen molar-refractivity contribution in [2.75, 3.05) is 20.2 Å². The van der Waals surface area contributed by atoms with Crippen LogP contribution in [0.25, 0.3) is 0 Å². The van der Waals surface area contributed by atoms with Gasteiger partial charge in [0.15, 0.2) is 0 Å². The fourth-order valence-electron chi connectivity index (χ4n) is 1.59. The van der Waals surface area contributed by atoms with E-state index in [-0.39, 0.29) is 19.0 Å². The van der Waals surface area contributed by atoms with Gasteiger partial charge in [-0.05, 0) is 12.8 Å². The third-order valence-electron chi connectivity index (χ3n) is 2.59. The van der Waals surface area contributed by atoms with Crippen LogP contribution in [-0.2, 0) is 14.9 Å². The van der Waals surface area contributed by atoms with Crippen LogP contribution in [0, 0.1) is 5.92 Å². The minimum absolute atomic E-state index is 0.0644. The lowest BCUT2D eigenvalue weighted by molar-refractivity contribution is 0.176. The summed E-state index contributed by atoms with van der Waals surface area (Å²) in [6.45, 7) is 0.572. The summed E-state index contributed by atoms with van der Waals surface area (Å²) in [7, 11) is -2.72. The molecule has 0 aromatic rings. The Morgan fingerprint density at radius 1 is 1.47 bits per heavy atom. The van der Waals surface area contributed by atoms with E-state index < -0.39 is 16.3 Å². The molecule has 1 saturated heterocycles. The highest BCUT2D eigenvalue weighted by Gasteiger charge is 2.30. The maximum absolute atomic E-state index is 11.7. The Morgan fingerprint density at radius 2 is 2.00 bits per heavy atom. The number of piperidine rings is 1. The first kappa shape index (κ1) is 14.1. The summed E-state index contributed by atoms with van der Waals surface area (Å²) in [6.07, 6.45) is 0.135. The van der Waals surface area contributed by atoms with E-state index in [0.29, 0.717) is 17.8 Å². The highest BCUT2D eigenvalue weighted by molar-refractivity contribution is 7.87. The summed E-state index contributed by atoms with van der Waals surface area (Å²) in [4.78, 5) is 11.3. The maximum atomic E-state index is 11.7. The van der Waals surface area contributed by atoms with E-state index in [0.717, 1.165) is 7.11 Å². The Kier molecular flexibility index (Phi) is 4.66. The third kappa shape index (κ3) is 3.79. The molecular weight excluding hydrogens is 266 g/mol. The molecule has 1 rings (SSSR count). The van der Waals surface area contributed by atoms with E-state index in [1.807, 2.05) is 0 Å². The molecule has 0 aliphatic carbocycles. The monoisotopic (exact) mass is 281 g/mol. The van der Waals surface area contributed by atoms with Crippen LogP contribution >= 0.6 is 12.2 Å². The number of carbonyl (C=O) groups is 1. The van der Waals surface area contributed by atoms with Crippen LogP contribution in [0.3, 0.4) is 0 Å². The first-order valence-electron chi connectivity index (χ1n) is 5.02. The first-order chi connectivity index (χ1) is 7.86. The highest BCUT2D eigenvalue weighted by Crippen LogP contribution is 2.19. The van der Waals surface area contributed by atoms with E-state index in [1.165, 1.54) is 4.31 Å². The molecule has 0 unspecified atom stereocenters. The van der Waals surface area contributed by atoms with E-state index in [2.05, 4.69) is 4.74 Å². The molecule has 0 aromatic heterocycles. The quantitative estimate of drug-likeness (QED) is 0.682. The molecule has 0 radical (unpaired) electrons. The largest absolute Gasteiger partial charge is 0.452 e. The Balaban J connectivity index is 2.59. The molecule has 7 nitrogen and oxygen atoms in total. The van der Waals surface area contributed by atoms with Crippen molar-refractivity contribution >= 4 is 33.5 Å². The Labute approximate surface area is 105 Å². The SMILES string of the molecule is COC(=O)NS(=O)(=O)N1CCC(C(N)=S)CC1. The molecule has 0 aromatic carbocycles. The first-order valence-corrected chi connectivity index (χ1v) is 6.87. The van der Waals surface area contributed by atoms with Crippen molar-refractivity contribution in [3.8, 4) is 0 Å². The topological polar surface area (TPSA) is 102 Å².